The number of hydrogen-bond donors (Lipinski definition) is 1. The van der Waals surface area contributed by atoms with E-state index < -0.39 is 0 Å². The van der Waals surface area contributed by atoms with Gasteiger partial charge in [0, 0.05) is 17.1 Å². The molecular formula is C10H15N3S. The van der Waals surface area contributed by atoms with E-state index >= 15 is 0 Å². The van der Waals surface area contributed by atoms with Gasteiger partial charge in [-0.2, -0.15) is 5.26 Å². The van der Waals surface area contributed by atoms with Crippen LogP contribution in [0.15, 0.2) is 5.38 Å². The Morgan fingerprint density at radius 2 is 2.43 bits per heavy atom. The highest BCUT2D eigenvalue weighted by Crippen LogP contribution is 2.18. The number of nitrogens with zero attached hydrogens (tertiary/aromatic N) is 2. The van der Waals surface area contributed by atoms with E-state index in [1.807, 2.05) is 12.3 Å². The van der Waals surface area contributed by atoms with Crippen molar-refractivity contribution in [3.8, 4) is 6.07 Å². The Balaban J connectivity index is 2.69. The summed E-state index contributed by atoms with van der Waals surface area (Å²) in [5, 5.41) is 15.1. The monoisotopic (exact) mass is 209 g/mol. The zero-order valence-electron chi connectivity index (χ0n) is 8.74. The number of aryl methyl sites for hydroxylation is 1. The molecule has 2 unspecified atom stereocenters. The van der Waals surface area contributed by atoms with Crippen molar-refractivity contribution in [2.24, 2.45) is 0 Å². The Morgan fingerprint density at radius 1 is 1.71 bits per heavy atom. The topological polar surface area (TPSA) is 48.7 Å². The molecule has 1 aromatic rings. The Kier molecular flexibility index (Phi) is 4.05. The Labute approximate surface area is 88.8 Å². The Hall–Kier alpha value is -0.920. The van der Waals surface area contributed by atoms with Gasteiger partial charge in [0.15, 0.2) is 0 Å². The van der Waals surface area contributed by atoms with E-state index in [1.165, 1.54) is 11.3 Å². The van der Waals surface area contributed by atoms with E-state index in [2.05, 4.69) is 30.2 Å². The minimum absolute atomic E-state index is 0.261. The molecule has 1 rings (SSSR count). The minimum atomic E-state index is -0.261. The van der Waals surface area contributed by atoms with Gasteiger partial charge in [0.2, 0.25) is 0 Å². The van der Waals surface area contributed by atoms with Gasteiger partial charge in [-0.3, -0.25) is 5.32 Å². The minimum Gasteiger partial charge on any atom is -0.294 e. The van der Waals surface area contributed by atoms with Crippen LogP contribution in [0.4, 0.5) is 0 Å². The Bertz CT molecular complexity index is 326. The van der Waals surface area contributed by atoms with Gasteiger partial charge in [-0.25, -0.2) is 4.98 Å². The molecule has 0 saturated carbocycles. The van der Waals surface area contributed by atoms with Crippen LogP contribution < -0.4 is 5.32 Å². The molecule has 0 fully saturated rings. The second kappa shape index (κ2) is 5.08. The van der Waals surface area contributed by atoms with Gasteiger partial charge in [0.25, 0.3) is 0 Å². The number of rotatable bonds is 4. The number of nitrogens with one attached hydrogen (secondary N) is 1. The molecule has 0 aromatic carbocycles. The van der Waals surface area contributed by atoms with Gasteiger partial charge in [-0.05, 0) is 20.3 Å². The quantitative estimate of drug-likeness (QED) is 0.828. The van der Waals surface area contributed by atoms with Crippen LogP contribution in [-0.2, 0) is 0 Å². The maximum Gasteiger partial charge on any atom is 0.148 e. The average Bonchev–Trinajstić information content (AvgIpc) is 2.60. The third-order valence-corrected chi connectivity index (χ3v) is 3.10. The molecule has 14 heavy (non-hydrogen) atoms. The van der Waals surface area contributed by atoms with Crippen molar-refractivity contribution in [1.82, 2.24) is 10.3 Å². The van der Waals surface area contributed by atoms with Crippen LogP contribution in [0.25, 0.3) is 0 Å². The summed E-state index contributed by atoms with van der Waals surface area (Å²) in [6.07, 6.45) is 1.02. The highest BCUT2D eigenvalue weighted by molar-refractivity contribution is 7.09. The van der Waals surface area contributed by atoms with Crippen molar-refractivity contribution < 1.29 is 0 Å². The first kappa shape index (κ1) is 11.2. The smallest absolute Gasteiger partial charge is 0.148 e. The average molecular weight is 209 g/mol. The summed E-state index contributed by atoms with van der Waals surface area (Å²) >= 11 is 1.54. The van der Waals surface area contributed by atoms with Crippen molar-refractivity contribution >= 4 is 11.3 Å². The first-order chi connectivity index (χ1) is 6.67. The van der Waals surface area contributed by atoms with Gasteiger partial charge in [0.1, 0.15) is 11.0 Å². The molecule has 1 N–H and O–H groups in total. The standard InChI is InChI=1S/C10H15N3S/c1-4-7(2)12-9(5-11)10-13-8(3)6-14-10/h6-7,9,12H,4H2,1-3H3. The summed E-state index contributed by atoms with van der Waals surface area (Å²) in [6, 6.07) is 2.32. The molecule has 0 aliphatic rings. The lowest BCUT2D eigenvalue weighted by Crippen LogP contribution is -2.29. The zero-order valence-corrected chi connectivity index (χ0v) is 9.56. The molecule has 3 nitrogen and oxygen atoms in total. The van der Waals surface area contributed by atoms with E-state index in [0.717, 1.165) is 17.1 Å². The summed E-state index contributed by atoms with van der Waals surface area (Å²) in [5.74, 6) is 0. The van der Waals surface area contributed by atoms with Crippen LogP contribution in [0.3, 0.4) is 0 Å². The molecule has 76 valence electrons. The maximum absolute atomic E-state index is 8.99. The van der Waals surface area contributed by atoms with Crippen molar-refractivity contribution in [2.75, 3.05) is 0 Å². The molecule has 0 radical (unpaired) electrons. The fourth-order valence-electron chi connectivity index (χ4n) is 1.07. The van der Waals surface area contributed by atoms with Crippen LogP contribution in [-0.4, -0.2) is 11.0 Å². The molecule has 2 atom stereocenters. The van der Waals surface area contributed by atoms with Crippen LogP contribution in [0.5, 0.6) is 0 Å². The molecular weight excluding hydrogens is 194 g/mol. The first-order valence-corrected chi connectivity index (χ1v) is 5.63. The van der Waals surface area contributed by atoms with E-state index in [4.69, 9.17) is 5.26 Å². The summed E-state index contributed by atoms with van der Waals surface area (Å²) in [5.41, 5.74) is 0.983. The molecule has 0 saturated heterocycles. The summed E-state index contributed by atoms with van der Waals surface area (Å²) in [4.78, 5) is 4.30. The van der Waals surface area contributed by atoms with Crippen molar-refractivity contribution in [1.29, 1.82) is 5.26 Å². The lowest BCUT2D eigenvalue weighted by molar-refractivity contribution is 0.500. The lowest BCUT2D eigenvalue weighted by Gasteiger charge is -2.14. The fourth-order valence-corrected chi connectivity index (χ4v) is 1.87. The molecule has 1 aromatic heterocycles. The third kappa shape index (κ3) is 2.79. The Morgan fingerprint density at radius 3 is 2.86 bits per heavy atom. The predicted octanol–water partition coefficient (Wildman–Crippen LogP) is 2.40. The number of thiazole rings is 1. The molecule has 0 aliphatic carbocycles. The molecule has 1 heterocycles. The lowest BCUT2D eigenvalue weighted by atomic mass is 10.2. The summed E-state index contributed by atoms with van der Waals surface area (Å²) in [7, 11) is 0. The second-order valence-corrected chi connectivity index (χ2v) is 4.25. The van der Waals surface area contributed by atoms with Gasteiger partial charge >= 0.3 is 0 Å². The van der Waals surface area contributed by atoms with Gasteiger partial charge in [-0.15, -0.1) is 11.3 Å². The summed E-state index contributed by atoms with van der Waals surface area (Å²) in [6.45, 7) is 6.11. The molecule has 4 heteroatoms. The SMILES string of the molecule is CCC(C)NC(C#N)c1nc(C)cs1. The highest BCUT2D eigenvalue weighted by Gasteiger charge is 2.15. The zero-order chi connectivity index (χ0) is 10.6. The second-order valence-electron chi connectivity index (χ2n) is 3.37. The number of aromatic nitrogens is 1. The van der Waals surface area contributed by atoms with Gasteiger partial charge < -0.3 is 0 Å². The maximum atomic E-state index is 8.99. The summed E-state index contributed by atoms with van der Waals surface area (Å²) < 4.78 is 0. The van der Waals surface area contributed by atoms with E-state index in [9.17, 15) is 0 Å². The van der Waals surface area contributed by atoms with Crippen molar-refractivity contribution in [2.45, 2.75) is 39.3 Å². The van der Waals surface area contributed by atoms with Crippen LogP contribution >= 0.6 is 11.3 Å². The van der Waals surface area contributed by atoms with Crippen molar-refractivity contribution in [3.05, 3.63) is 16.1 Å². The molecule has 0 spiro atoms. The van der Waals surface area contributed by atoms with Gasteiger partial charge in [-0.1, -0.05) is 6.92 Å². The van der Waals surface area contributed by atoms with Crippen LogP contribution in [0.1, 0.15) is 37.0 Å². The third-order valence-electron chi connectivity index (χ3n) is 2.08. The van der Waals surface area contributed by atoms with E-state index in [0.29, 0.717) is 6.04 Å². The van der Waals surface area contributed by atoms with E-state index in [1.54, 1.807) is 0 Å². The van der Waals surface area contributed by atoms with Gasteiger partial charge in [0.05, 0.1) is 6.07 Å². The molecule has 0 amide bonds. The van der Waals surface area contributed by atoms with Crippen molar-refractivity contribution in [3.63, 3.8) is 0 Å². The fraction of sp³-hybridized carbons (Fsp3) is 0.600. The first-order valence-electron chi connectivity index (χ1n) is 4.75. The van der Waals surface area contributed by atoms with Crippen LogP contribution in [0, 0.1) is 18.3 Å². The predicted molar refractivity (Wildman–Crippen MR) is 58.1 cm³/mol. The normalized spacial score (nSPS) is 14.7. The number of hydrogen-bond acceptors (Lipinski definition) is 4. The number of nitriles is 1. The van der Waals surface area contributed by atoms with E-state index in [-0.39, 0.29) is 6.04 Å². The highest BCUT2D eigenvalue weighted by atomic mass is 32.1. The van der Waals surface area contributed by atoms with Crippen LogP contribution in [0.2, 0.25) is 0 Å². The largest absolute Gasteiger partial charge is 0.294 e. The molecule has 0 aliphatic heterocycles. The molecule has 0 bridgehead atoms.